The Labute approximate surface area is 261 Å². The van der Waals surface area contributed by atoms with Crippen LogP contribution in [0.3, 0.4) is 0 Å². The van der Waals surface area contributed by atoms with Gasteiger partial charge in [-0.3, -0.25) is 4.79 Å². The van der Waals surface area contributed by atoms with Gasteiger partial charge in [-0.25, -0.2) is 9.59 Å². The Morgan fingerprint density at radius 2 is 1.78 bits per heavy atom. The molecule has 0 radical (unpaired) electrons. The molecule has 5 rings (SSSR count). The van der Waals surface area contributed by atoms with Crippen molar-refractivity contribution in [2.45, 2.75) is 51.0 Å². The monoisotopic (exact) mass is 634 g/mol. The van der Waals surface area contributed by atoms with Crippen molar-refractivity contribution in [3.05, 3.63) is 87.1 Å². The van der Waals surface area contributed by atoms with Gasteiger partial charge in [0.05, 0.1) is 11.0 Å². The van der Waals surface area contributed by atoms with Crippen LogP contribution in [0.1, 0.15) is 29.8 Å². The van der Waals surface area contributed by atoms with Gasteiger partial charge in [0.15, 0.2) is 23.6 Å². The van der Waals surface area contributed by atoms with E-state index in [0.717, 1.165) is 5.56 Å². The number of aliphatic hydroxyl groups excluding tert-OH is 1. The van der Waals surface area contributed by atoms with Gasteiger partial charge in [0.1, 0.15) is 17.4 Å². The second kappa shape index (κ2) is 12.6. The van der Waals surface area contributed by atoms with Crippen molar-refractivity contribution in [1.82, 2.24) is 0 Å². The minimum atomic E-state index is -1.52. The van der Waals surface area contributed by atoms with Crippen molar-refractivity contribution in [3.8, 4) is 22.6 Å². The van der Waals surface area contributed by atoms with E-state index in [1.54, 1.807) is 68.4 Å². The molecule has 0 aliphatic carbocycles. The van der Waals surface area contributed by atoms with Crippen LogP contribution in [0.4, 0.5) is 16.2 Å². The molecule has 1 fully saturated rings. The number of amides is 2. The lowest BCUT2D eigenvalue weighted by Gasteiger charge is -2.47. The number of hydrogen-bond donors (Lipinski definition) is 5. The number of carbonyl (C=O) groups excluding carboxylic acids is 2. The number of aryl methyl sites for hydroxylation is 1. The lowest BCUT2D eigenvalue weighted by atomic mass is 9.89. The van der Waals surface area contributed by atoms with Gasteiger partial charge in [-0.1, -0.05) is 12.1 Å². The van der Waals surface area contributed by atoms with E-state index in [4.69, 9.17) is 29.1 Å². The number of nitrogens with two attached hydrogens (primary N) is 1. The Balaban J connectivity index is 1.41. The number of carbonyl (C=O) groups is 2. The van der Waals surface area contributed by atoms with Crippen molar-refractivity contribution >= 4 is 34.3 Å². The zero-order valence-corrected chi connectivity index (χ0v) is 25.2. The smallest absolute Gasteiger partial charge is 0.404 e. The molecule has 1 aliphatic heterocycles. The first-order valence-corrected chi connectivity index (χ1v) is 14.1. The van der Waals surface area contributed by atoms with E-state index < -0.39 is 59.3 Å². The number of methoxy groups -OCH3 is 1. The van der Waals surface area contributed by atoms with Gasteiger partial charge >= 0.3 is 11.7 Å². The molecule has 2 heterocycles. The molecular weight excluding hydrogens is 602 g/mol. The Bertz CT molecular complexity index is 1870. The van der Waals surface area contributed by atoms with Gasteiger partial charge in [-0.2, -0.15) is 0 Å². The van der Waals surface area contributed by atoms with Crippen LogP contribution in [0.2, 0.25) is 0 Å². The maximum absolute atomic E-state index is 13.1. The van der Waals surface area contributed by atoms with Crippen molar-refractivity contribution < 1.29 is 48.3 Å². The first-order chi connectivity index (χ1) is 21.8. The van der Waals surface area contributed by atoms with Crippen LogP contribution in [0.5, 0.6) is 11.5 Å². The van der Waals surface area contributed by atoms with Crippen LogP contribution in [0, 0.1) is 11.8 Å². The van der Waals surface area contributed by atoms with E-state index in [1.807, 2.05) is 0 Å². The van der Waals surface area contributed by atoms with Crippen molar-refractivity contribution in [2.24, 2.45) is 5.73 Å². The summed E-state index contributed by atoms with van der Waals surface area (Å²) in [4.78, 5) is 48.5. The Kier molecular flexibility index (Phi) is 8.79. The van der Waals surface area contributed by atoms with E-state index in [9.17, 15) is 29.5 Å². The number of nitrogens with one attached hydrogen (secondary N) is 2. The van der Waals surface area contributed by atoms with Gasteiger partial charge in [-0.15, -0.1) is 0 Å². The Hall–Kier alpha value is -5.31. The number of ether oxygens (including phenoxy) is 4. The van der Waals surface area contributed by atoms with Crippen LogP contribution < -0.4 is 26.6 Å². The number of nitroso groups, excluding NO2 is 1. The molecule has 0 saturated carbocycles. The van der Waals surface area contributed by atoms with E-state index in [0.29, 0.717) is 11.3 Å². The molecule has 1 aromatic heterocycles. The minimum absolute atomic E-state index is 0.0414. The summed E-state index contributed by atoms with van der Waals surface area (Å²) < 4.78 is 27.9. The fraction of sp³-hybridized carbons (Fsp3) is 0.281. The van der Waals surface area contributed by atoms with Gasteiger partial charge in [-0.05, 0) is 68.3 Å². The zero-order valence-electron chi connectivity index (χ0n) is 25.2. The summed E-state index contributed by atoms with van der Waals surface area (Å²) in [6.45, 7) is 4.86. The van der Waals surface area contributed by atoms with E-state index >= 15 is 0 Å². The molecule has 14 nitrogen and oxygen atoms in total. The summed E-state index contributed by atoms with van der Waals surface area (Å²) in [5.41, 5.74) is 4.86. The Morgan fingerprint density at radius 1 is 1.07 bits per heavy atom. The molecular formula is C32H32N3O11+. The molecule has 2 amide bonds. The van der Waals surface area contributed by atoms with Gasteiger partial charge < -0.3 is 44.6 Å². The molecule has 0 bridgehead atoms. The van der Waals surface area contributed by atoms with Crippen LogP contribution in [0.25, 0.3) is 22.1 Å². The van der Waals surface area contributed by atoms with Crippen LogP contribution in [-0.2, 0) is 14.2 Å². The number of aliphatic hydroxyl groups is 1. The van der Waals surface area contributed by atoms with Crippen LogP contribution >= 0.6 is 0 Å². The number of primary amides is 1. The quantitative estimate of drug-likeness (QED) is 0.178. The van der Waals surface area contributed by atoms with Crippen molar-refractivity contribution in [1.29, 1.82) is 0 Å². The number of anilines is 1. The number of fused-ring (bicyclic) bond motifs is 1. The Morgan fingerprint density at radius 3 is 2.43 bits per heavy atom. The van der Waals surface area contributed by atoms with E-state index in [1.165, 1.54) is 25.3 Å². The minimum Gasteiger partial charge on any atom is -0.505 e. The van der Waals surface area contributed by atoms with Crippen LogP contribution in [-0.4, -0.2) is 59.5 Å². The van der Waals surface area contributed by atoms with E-state index in [-0.39, 0.29) is 27.8 Å². The largest absolute Gasteiger partial charge is 0.505 e. The first-order valence-electron chi connectivity index (χ1n) is 14.1. The van der Waals surface area contributed by atoms with Gasteiger partial charge in [0, 0.05) is 40.5 Å². The summed E-state index contributed by atoms with van der Waals surface area (Å²) in [6, 6.07) is 16.1. The summed E-state index contributed by atoms with van der Waals surface area (Å²) >= 11 is 0. The lowest BCUT2D eigenvalue weighted by molar-refractivity contribution is -0.379. The fourth-order valence-electron chi connectivity index (χ4n) is 5.43. The second-order valence-corrected chi connectivity index (χ2v) is 11.1. The molecule has 0 spiro atoms. The SMILES string of the molecule is CO[C@@H]1[C@@H](OC(N)=O)[C@@H](O)[C@H](Oc2ccc3c(O)c(NC(=O)c4cccc(-c5ccc([NH+]=O)cc5)c4)c(=O)oc3c2C)OC1(C)C. The zero-order chi connectivity index (χ0) is 33.3. The normalized spacial score (nSPS) is 20.5. The third-order valence-corrected chi connectivity index (χ3v) is 7.71. The third kappa shape index (κ3) is 6.13. The first kappa shape index (κ1) is 32.1. The van der Waals surface area contributed by atoms with Crippen LogP contribution in [0.15, 0.2) is 69.9 Å². The number of rotatable bonds is 8. The standard InChI is InChI=1S/C32H31N3O11/c1-15-21(43-30-24(37)26(45-31(33)40)27(42-4)32(2,3)46-30)13-12-20-23(36)22(29(39)44-25(15)20)34-28(38)18-7-5-6-17(14-18)16-8-10-19(35-41)11-9-16/h5-14,24,26-27,30,36-37H,1-4H3,(H2,33,40)(H,34,38)/p+1/t24-,26+,27-,30-/m1/s1. The predicted octanol–water partition coefficient (Wildman–Crippen LogP) is 2.56. The van der Waals surface area contributed by atoms with Crippen molar-refractivity contribution in [2.75, 3.05) is 12.4 Å². The maximum Gasteiger partial charge on any atom is 0.404 e. The highest BCUT2D eigenvalue weighted by Gasteiger charge is 2.53. The topological polar surface area (TPSA) is 211 Å². The van der Waals surface area contributed by atoms with Gasteiger partial charge in [0.25, 0.3) is 11.6 Å². The number of aromatic hydroxyl groups is 1. The summed E-state index contributed by atoms with van der Waals surface area (Å²) in [5, 5.41) is 26.3. The highest BCUT2D eigenvalue weighted by Crippen LogP contribution is 2.38. The summed E-state index contributed by atoms with van der Waals surface area (Å²) in [7, 11) is 1.37. The fourth-order valence-corrected chi connectivity index (χ4v) is 5.43. The highest BCUT2D eigenvalue weighted by molar-refractivity contribution is 6.07. The molecule has 4 aromatic rings. The molecule has 46 heavy (non-hydrogen) atoms. The summed E-state index contributed by atoms with van der Waals surface area (Å²) in [5.74, 6) is -1.08. The molecule has 1 saturated heterocycles. The molecule has 0 unspecified atom stereocenters. The molecule has 3 aromatic carbocycles. The predicted molar refractivity (Wildman–Crippen MR) is 164 cm³/mol. The summed E-state index contributed by atoms with van der Waals surface area (Å²) in [6.07, 6.45) is -6.12. The second-order valence-electron chi connectivity index (χ2n) is 11.1. The molecule has 240 valence electrons. The molecule has 6 N–H and O–H groups in total. The molecule has 4 atom stereocenters. The van der Waals surface area contributed by atoms with E-state index in [2.05, 4.69) is 5.32 Å². The lowest BCUT2D eigenvalue weighted by Crippen LogP contribution is -2.65. The molecule has 14 heteroatoms. The highest BCUT2D eigenvalue weighted by atomic mass is 16.7. The maximum atomic E-state index is 13.1. The number of benzene rings is 3. The average Bonchev–Trinajstić information content (AvgIpc) is 3.02. The molecule has 1 aliphatic rings. The third-order valence-electron chi connectivity index (χ3n) is 7.71. The van der Waals surface area contributed by atoms with Crippen molar-refractivity contribution in [3.63, 3.8) is 0 Å². The average molecular weight is 635 g/mol. The van der Waals surface area contributed by atoms with Gasteiger partial charge in [0.2, 0.25) is 6.29 Å². The number of hydrogen-bond acceptors (Lipinski definition) is 11.